The van der Waals surface area contributed by atoms with Gasteiger partial charge in [0, 0.05) is 23.5 Å². The Bertz CT molecular complexity index is 1060. The molecule has 4 aliphatic heterocycles. The number of esters is 1. The SMILES string of the molecule is COc1ccc(N2CC=C[C@]34S[C@@]5(C)C=CCOC(=O)[C@H]5[C@H]3C(=O)N(CCO)C4C2=O)cc1. The van der Waals surface area contributed by atoms with Gasteiger partial charge < -0.3 is 24.4 Å². The van der Waals surface area contributed by atoms with Crippen LogP contribution in [0.15, 0.2) is 48.6 Å². The van der Waals surface area contributed by atoms with Crippen LogP contribution in [-0.2, 0) is 19.1 Å². The van der Waals surface area contributed by atoms with Crippen LogP contribution in [0.2, 0.25) is 0 Å². The number of ether oxygens (including phenoxy) is 2. The summed E-state index contributed by atoms with van der Waals surface area (Å²) < 4.78 is 9.00. The number of methoxy groups -OCH3 is 1. The largest absolute Gasteiger partial charge is 0.497 e. The normalized spacial score (nSPS) is 35.0. The van der Waals surface area contributed by atoms with E-state index in [2.05, 4.69) is 0 Å². The van der Waals surface area contributed by atoms with Gasteiger partial charge in [-0.3, -0.25) is 14.4 Å². The molecule has 9 heteroatoms. The number of aliphatic hydroxyl groups excluding tert-OH is 1. The zero-order valence-corrected chi connectivity index (χ0v) is 19.3. The van der Waals surface area contributed by atoms with Gasteiger partial charge in [0.25, 0.3) is 5.91 Å². The van der Waals surface area contributed by atoms with E-state index in [1.807, 2.05) is 25.2 Å². The van der Waals surface area contributed by atoms with Crippen LogP contribution in [-0.4, -0.2) is 76.7 Å². The lowest BCUT2D eigenvalue weighted by Gasteiger charge is -2.36. The Morgan fingerprint density at radius 3 is 2.58 bits per heavy atom. The minimum absolute atomic E-state index is 0.0205. The van der Waals surface area contributed by atoms with Crippen molar-refractivity contribution in [3.8, 4) is 5.75 Å². The number of carbonyl (C=O) groups is 3. The summed E-state index contributed by atoms with van der Waals surface area (Å²) in [6.07, 6.45) is 7.58. The standard InChI is InChI=1S/C24H26N2O6S/c1-23-9-4-14-32-22(30)18(23)17-20(28)26(12-13-27)19-21(29)25(11-3-10-24(17,19)33-23)15-5-7-16(31-2)8-6-15/h3-10,17-19,27H,11-14H2,1-2H3/t17-,18+,19?,23-,24-/m0/s1. The molecule has 4 aliphatic rings. The molecule has 1 unspecified atom stereocenters. The maximum Gasteiger partial charge on any atom is 0.311 e. The number of rotatable bonds is 4. The highest BCUT2D eigenvalue weighted by atomic mass is 32.2. The number of carbonyl (C=O) groups excluding carboxylic acids is 3. The van der Waals surface area contributed by atoms with Gasteiger partial charge in [0.05, 0.1) is 30.3 Å². The zero-order valence-electron chi connectivity index (χ0n) is 18.5. The Morgan fingerprint density at radius 1 is 1.12 bits per heavy atom. The summed E-state index contributed by atoms with van der Waals surface area (Å²) >= 11 is 1.48. The number of fused-ring (bicyclic) bond motifs is 2. The van der Waals surface area contributed by atoms with Gasteiger partial charge in [0.15, 0.2) is 0 Å². The maximum absolute atomic E-state index is 14.0. The summed E-state index contributed by atoms with van der Waals surface area (Å²) in [5, 5.41) is 9.71. The lowest BCUT2D eigenvalue weighted by molar-refractivity contribution is -0.152. The molecule has 0 bridgehead atoms. The summed E-state index contributed by atoms with van der Waals surface area (Å²) in [6, 6.07) is 6.33. The van der Waals surface area contributed by atoms with Crippen LogP contribution in [0.4, 0.5) is 5.69 Å². The second-order valence-corrected chi connectivity index (χ2v) is 10.6. The number of hydrogen-bond donors (Lipinski definition) is 1. The smallest absolute Gasteiger partial charge is 0.311 e. The number of likely N-dealkylation sites (tertiary alicyclic amines) is 1. The molecule has 1 N–H and O–H groups in total. The third kappa shape index (κ3) is 3.13. The summed E-state index contributed by atoms with van der Waals surface area (Å²) in [5.74, 6) is -1.75. The average Bonchev–Trinajstić information content (AvgIpc) is 3.05. The summed E-state index contributed by atoms with van der Waals surface area (Å²) in [6.45, 7) is 2.18. The molecule has 174 valence electrons. The molecule has 33 heavy (non-hydrogen) atoms. The molecule has 5 atom stereocenters. The highest BCUT2D eigenvalue weighted by Gasteiger charge is 2.74. The van der Waals surface area contributed by atoms with Gasteiger partial charge in [-0.25, -0.2) is 0 Å². The highest BCUT2D eigenvalue weighted by Crippen LogP contribution is 2.65. The molecule has 8 nitrogen and oxygen atoms in total. The quantitative estimate of drug-likeness (QED) is 0.525. The third-order valence-electron chi connectivity index (χ3n) is 7.04. The molecule has 0 saturated carbocycles. The van der Waals surface area contributed by atoms with E-state index in [4.69, 9.17) is 9.47 Å². The molecule has 2 fully saturated rings. The van der Waals surface area contributed by atoms with E-state index in [1.54, 1.807) is 42.4 Å². The van der Waals surface area contributed by atoms with Gasteiger partial charge in [0.2, 0.25) is 5.91 Å². The first-order valence-electron chi connectivity index (χ1n) is 11.0. The third-order valence-corrected chi connectivity index (χ3v) is 8.83. The van der Waals surface area contributed by atoms with Gasteiger partial charge in [-0.15, -0.1) is 11.8 Å². The summed E-state index contributed by atoms with van der Waals surface area (Å²) in [5.41, 5.74) is 0.685. The van der Waals surface area contributed by atoms with Crippen LogP contribution in [0.5, 0.6) is 5.75 Å². The van der Waals surface area contributed by atoms with Gasteiger partial charge in [-0.1, -0.05) is 18.2 Å². The van der Waals surface area contributed by atoms with Gasteiger partial charge in [0.1, 0.15) is 18.4 Å². The molecule has 2 amide bonds. The van der Waals surface area contributed by atoms with Crippen molar-refractivity contribution in [1.29, 1.82) is 0 Å². The number of nitrogens with zero attached hydrogens (tertiary/aromatic N) is 2. The Balaban J connectivity index is 1.62. The van der Waals surface area contributed by atoms with Gasteiger partial charge in [-0.05, 0) is 37.3 Å². The van der Waals surface area contributed by atoms with Crippen molar-refractivity contribution in [2.45, 2.75) is 22.5 Å². The first-order chi connectivity index (χ1) is 15.9. The molecule has 1 spiro atoms. The summed E-state index contributed by atoms with van der Waals surface area (Å²) in [7, 11) is 1.58. The van der Waals surface area contributed by atoms with Crippen LogP contribution >= 0.6 is 11.8 Å². The Kier molecular flexibility index (Phi) is 5.29. The fraction of sp³-hybridized carbons (Fsp3) is 0.458. The minimum atomic E-state index is -0.940. The predicted molar refractivity (Wildman–Crippen MR) is 123 cm³/mol. The molecular formula is C24H26N2O6S. The van der Waals surface area contributed by atoms with E-state index < -0.39 is 33.3 Å². The second kappa shape index (κ2) is 7.92. The van der Waals surface area contributed by atoms with Crippen LogP contribution in [0.3, 0.4) is 0 Å². The van der Waals surface area contributed by atoms with Crippen LogP contribution in [0, 0.1) is 11.8 Å². The number of amides is 2. The Morgan fingerprint density at radius 2 is 1.88 bits per heavy atom. The maximum atomic E-state index is 14.0. The molecule has 2 saturated heterocycles. The number of hydrogen-bond acceptors (Lipinski definition) is 7. The first-order valence-corrected chi connectivity index (χ1v) is 11.8. The average molecular weight is 471 g/mol. The molecule has 0 aromatic heterocycles. The van der Waals surface area contributed by atoms with Crippen molar-refractivity contribution in [1.82, 2.24) is 4.90 Å². The van der Waals surface area contributed by atoms with E-state index in [9.17, 15) is 19.5 Å². The molecule has 1 aromatic rings. The van der Waals surface area contributed by atoms with Gasteiger partial charge >= 0.3 is 5.97 Å². The summed E-state index contributed by atoms with van der Waals surface area (Å²) in [4.78, 5) is 43.9. The Labute approximate surface area is 196 Å². The van der Waals surface area contributed by atoms with E-state index in [1.165, 1.54) is 16.7 Å². The number of benzene rings is 1. The van der Waals surface area contributed by atoms with E-state index >= 15 is 0 Å². The topological polar surface area (TPSA) is 96.4 Å². The fourth-order valence-electron chi connectivity index (χ4n) is 5.70. The molecule has 4 heterocycles. The van der Waals surface area contributed by atoms with Crippen molar-refractivity contribution >= 4 is 35.2 Å². The van der Waals surface area contributed by atoms with Crippen LogP contribution in [0.1, 0.15) is 6.92 Å². The molecular weight excluding hydrogens is 444 g/mol. The van der Waals surface area contributed by atoms with E-state index in [0.717, 1.165) is 0 Å². The van der Waals surface area contributed by atoms with Crippen LogP contribution in [0.25, 0.3) is 0 Å². The number of thioether (sulfide) groups is 1. The predicted octanol–water partition coefficient (Wildman–Crippen LogP) is 1.39. The number of cyclic esters (lactones) is 1. The number of anilines is 1. The van der Waals surface area contributed by atoms with Crippen molar-refractivity contribution in [2.75, 3.05) is 38.3 Å². The van der Waals surface area contributed by atoms with E-state index in [-0.39, 0.29) is 31.6 Å². The lowest BCUT2D eigenvalue weighted by atomic mass is 9.75. The van der Waals surface area contributed by atoms with Crippen molar-refractivity contribution in [2.24, 2.45) is 11.8 Å². The molecule has 1 aromatic carbocycles. The second-order valence-electron chi connectivity index (χ2n) is 8.83. The first kappa shape index (κ1) is 22.0. The zero-order chi connectivity index (χ0) is 23.4. The van der Waals surface area contributed by atoms with Crippen molar-refractivity contribution in [3.05, 3.63) is 48.6 Å². The van der Waals surface area contributed by atoms with Crippen molar-refractivity contribution < 1.29 is 29.0 Å². The monoisotopic (exact) mass is 470 g/mol. The van der Waals surface area contributed by atoms with Gasteiger partial charge in [-0.2, -0.15) is 0 Å². The number of β-amino-alcohol motifs (C(OH)–C–C–N with tert-alkyl or cyclic N) is 1. The number of aliphatic hydroxyl groups is 1. The van der Waals surface area contributed by atoms with Crippen molar-refractivity contribution in [3.63, 3.8) is 0 Å². The van der Waals surface area contributed by atoms with E-state index in [0.29, 0.717) is 18.0 Å². The minimum Gasteiger partial charge on any atom is -0.497 e. The Hall–Kier alpha value is -2.78. The highest BCUT2D eigenvalue weighted by molar-refractivity contribution is 8.02. The van der Waals surface area contributed by atoms with Crippen LogP contribution < -0.4 is 9.64 Å². The molecule has 5 rings (SSSR count). The molecule has 0 radical (unpaired) electrons. The fourth-order valence-corrected chi connectivity index (χ4v) is 7.85. The molecule has 0 aliphatic carbocycles. The lowest BCUT2D eigenvalue weighted by Crippen LogP contribution is -2.54.